The molecule has 1 saturated carbocycles. The highest BCUT2D eigenvalue weighted by Gasteiger charge is 2.35. The topological polar surface area (TPSA) is 114 Å². The van der Waals surface area contributed by atoms with Gasteiger partial charge in [-0.2, -0.15) is 0 Å². The summed E-state index contributed by atoms with van der Waals surface area (Å²) in [6.07, 6.45) is 14.2. The molecule has 0 aromatic carbocycles. The summed E-state index contributed by atoms with van der Waals surface area (Å²) < 4.78 is 11.2. The van der Waals surface area contributed by atoms with Crippen LogP contribution in [0.25, 0.3) is 0 Å². The number of ether oxygens (including phenoxy) is 2. The molecule has 8 heteroatoms. The standard InChI is InChI=1S/C34H52N3O5/c1-4-24-8-11-31(42-23(2)38)20-30(39)18-26(27-10-12-32(40)33(19-27)41-3)6-5-14-36-34-17-25(13-15-37-34)7-9-28-21-35-22-29(28)16-24/h21-22,24-27,31-34,36-37,40H,4,7-20H2,1-3H3/q+1/p+1. The minimum absolute atomic E-state index is 0.0852. The molecule has 0 aromatic rings. The normalized spacial score (nSPS) is 35.4. The summed E-state index contributed by atoms with van der Waals surface area (Å²) in [6, 6.07) is 0. The Kier molecular flexibility index (Phi) is 12.9. The van der Waals surface area contributed by atoms with Crippen LogP contribution in [0.1, 0.15) is 97.3 Å². The number of carbonyl (C=O) groups is 2. The smallest absolute Gasteiger partial charge is 0.302 e. The van der Waals surface area contributed by atoms with Gasteiger partial charge in [0.25, 0.3) is 0 Å². The lowest BCUT2D eigenvalue weighted by Crippen LogP contribution is -2.95. The molecule has 3 aliphatic heterocycles. The maximum Gasteiger partial charge on any atom is 0.302 e. The summed E-state index contributed by atoms with van der Waals surface area (Å²) in [6.45, 7) is 5.36. The van der Waals surface area contributed by atoms with Gasteiger partial charge in [-0.25, -0.2) is 0 Å². The number of aliphatic hydroxyl groups excluding tert-OH is 1. The number of quaternary nitrogens is 1. The van der Waals surface area contributed by atoms with Crippen LogP contribution < -0.4 is 10.6 Å². The van der Waals surface area contributed by atoms with E-state index in [2.05, 4.69) is 34.4 Å². The number of hydrogen-bond donors (Lipinski definition) is 3. The first-order chi connectivity index (χ1) is 20.3. The zero-order valence-corrected chi connectivity index (χ0v) is 26.0. The van der Waals surface area contributed by atoms with E-state index in [0.29, 0.717) is 50.2 Å². The van der Waals surface area contributed by atoms with Gasteiger partial charge in [-0.3, -0.25) is 14.9 Å². The Hall–Kier alpha value is -2.18. The number of aliphatic imine (C=N–C) groups is 1. The Bertz CT molecular complexity index is 1020. The summed E-state index contributed by atoms with van der Waals surface area (Å²) >= 11 is 0. The van der Waals surface area contributed by atoms with Crippen LogP contribution in [-0.4, -0.2) is 67.8 Å². The molecule has 0 aromatic heterocycles. The molecule has 8 unspecified atom stereocenters. The van der Waals surface area contributed by atoms with Crippen LogP contribution in [-0.2, 0) is 19.1 Å². The van der Waals surface area contributed by atoms with Gasteiger partial charge in [-0.1, -0.05) is 25.2 Å². The number of methoxy groups -OCH3 is 1. The third-order valence-corrected chi connectivity index (χ3v) is 9.94. The third-order valence-electron chi connectivity index (χ3n) is 9.94. The van der Waals surface area contributed by atoms with E-state index in [-0.39, 0.29) is 36.1 Å². The van der Waals surface area contributed by atoms with E-state index in [1.165, 1.54) is 31.3 Å². The third kappa shape index (κ3) is 9.94. The van der Waals surface area contributed by atoms with Gasteiger partial charge in [0.2, 0.25) is 0 Å². The lowest BCUT2D eigenvalue weighted by atomic mass is 9.75. The van der Waals surface area contributed by atoms with Crippen molar-refractivity contribution in [1.29, 1.82) is 0 Å². The van der Waals surface area contributed by atoms with Crippen LogP contribution in [0.15, 0.2) is 16.8 Å². The number of Topliss-reactive ketones (excluding diaryl/α,β-unsaturated/α-hetero) is 1. The SMILES string of the molecule is CCC1CCC(OC(C)=O)CC(=O)CC(C2CCC(O)C(OC)C2)C#CCNC2CC(CC[NH2+]2)CCC2=CN=C[C+]2C1. The number of nitrogens with one attached hydrogen (secondary N) is 1. The minimum atomic E-state index is -0.473. The zero-order chi connectivity index (χ0) is 29.9. The number of esters is 1. The molecule has 3 heterocycles. The summed E-state index contributed by atoms with van der Waals surface area (Å²) in [5, 5.41) is 16.4. The molecule has 8 nitrogen and oxygen atoms in total. The molecule has 42 heavy (non-hydrogen) atoms. The molecule has 1 aliphatic carbocycles. The van der Waals surface area contributed by atoms with E-state index < -0.39 is 12.2 Å². The number of nitrogens with two attached hydrogens (primary N) is 1. The second-order valence-corrected chi connectivity index (χ2v) is 13.0. The maximum absolute atomic E-state index is 13.5. The molecule has 0 spiro atoms. The number of hydrogen-bond acceptors (Lipinski definition) is 7. The number of piperidine rings is 1. The van der Waals surface area contributed by atoms with Crippen molar-refractivity contribution >= 4 is 18.0 Å². The van der Waals surface area contributed by atoms with Crippen molar-refractivity contribution in [3.63, 3.8) is 0 Å². The Balaban J connectivity index is 1.51. The molecule has 0 amide bonds. The molecular formula is C34H53N3O5+2. The highest BCUT2D eigenvalue weighted by Crippen LogP contribution is 2.35. The monoisotopic (exact) mass is 583 g/mol. The van der Waals surface area contributed by atoms with Crippen molar-refractivity contribution in [2.45, 2.75) is 122 Å². The molecule has 4 aliphatic rings. The Morgan fingerprint density at radius 2 is 2.05 bits per heavy atom. The Labute approximate surface area is 252 Å². The first-order valence-corrected chi connectivity index (χ1v) is 16.4. The van der Waals surface area contributed by atoms with E-state index in [1.807, 2.05) is 12.4 Å². The largest absolute Gasteiger partial charge is 0.462 e. The maximum atomic E-state index is 13.5. The van der Waals surface area contributed by atoms with Gasteiger partial charge in [0.15, 0.2) is 6.20 Å². The van der Waals surface area contributed by atoms with Crippen molar-refractivity contribution in [2.75, 3.05) is 20.2 Å². The predicted molar refractivity (Wildman–Crippen MR) is 163 cm³/mol. The van der Waals surface area contributed by atoms with Crippen LogP contribution in [0.2, 0.25) is 0 Å². The van der Waals surface area contributed by atoms with Crippen molar-refractivity contribution < 1.29 is 29.5 Å². The number of allylic oxidation sites excluding steroid dienone is 1. The number of aliphatic hydroxyl groups is 1. The molecule has 0 radical (unpaired) electrons. The molecular weight excluding hydrogens is 530 g/mol. The van der Waals surface area contributed by atoms with Crippen LogP contribution >= 0.6 is 0 Å². The van der Waals surface area contributed by atoms with E-state index in [1.54, 1.807) is 7.11 Å². The molecule has 4 rings (SSSR count). The second-order valence-electron chi connectivity index (χ2n) is 13.0. The van der Waals surface area contributed by atoms with Gasteiger partial charge < -0.3 is 19.9 Å². The number of ketones is 1. The lowest BCUT2D eigenvalue weighted by molar-refractivity contribution is -0.704. The average Bonchev–Trinajstić information content (AvgIpc) is 3.42. The van der Waals surface area contributed by atoms with E-state index >= 15 is 0 Å². The first kappa shape index (κ1) is 32.7. The van der Waals surface area contributed by atoms with Crippen molar-refractivity contribution in [1.82, 2.24) is 5.32 Å². The summed E-state index contributed by atoms with van der Waals surface area (Å²) in [5.74, 6) is 9.11. The van der Waals surface area contributed by atoms with E-state index in [9.17, 15) is 14.7 Å². The minimum Gasteiger partial charge on any atom is -0.462 e. The van der Waals surface area contributed by atoms with Crippen LogP contribution in [0.4, 0.5) is 0 Å². The molecule has 232 valence electrons. The summed E-state index contributed by atoms with van der Waals surface area (Å²) in [7, 11) is 1.64. The fourth-order valence-corrected chi connectivity index (χ4v) is 7.35. The van der Waals surface area contributed by atoms with Gasteiger partial charge in [0, 0.05) is 52.1 Å². The van der Waals surface area contributed by atoms with Crippen molar-refractivity contribution in [2.24, 2.45) is 28.7 Å². The quantitative estimate of drug-likeness (QED) is 0.265. The second kappa shape index (κ2) is 16.6. The van der Waals surface area contributed by atoms with Gasteiger partial charge in [-0.05, 0) is 62.7 Å². The Morgan fingerprint density at radius 3 is 2.83 bits per heavy atom. The van der Waals surface area contributed by atoms with E-state index in [0.717, 1.165) is 45.1 Å². The predicted octanol–water partition coefficient (Wildman–Crippen LogP) is 3.49. The lowest BCUT2D eigenvalue weighted by Gasteiger charge is -2.35. The van der Waals surface area contributed by atoms with Gasteiger partial charge in [0.05, 0.1) is 25.3 Å². The average molecular weight is 584 g/mol. The number of carbonyl (C=O) groups excluding carboxylic acids is 2. The van der Waals surface area contributed by atoms with Crippen molar-refractivity contribution in [3.05, 3.63) is 17.7 Å². The fraction of sp³-hybridized carbons (Fsp3) is 0.765. The van der Waals surface area contributed by atoms with Gasteiger partial charge in [-0.15, -0.1) is 4.99 Å². The first-order valence-electron chi connectivity index (χ1n) is 16.4. The van der Waals surface area contributed by atoms with Crippen LogP contribution in [0.3, 0.4) is 0 Å². The molecule has 4 N–H and O–H groups in total. The molecule has 8 atom stereocenters. The number of nitrogens with zero attached hydrogens (tertiary/aromatic N) is 1. The van der Waals surface area contributed by atoms with Gasteiger partial charge >= 0.3 is 5.97 Å². The summed E-state index contributed by atoms with van der Waals surface area (Å²) in [4.78, 5) is 30.0. The molecule has 2 bridgehead atoms. The highest BCUT2D eigenvalue weighted by atomic mass is 16.5. The van der Waals surface area contributed by atoms with Crippen LogP contribution in [0.5, 0.6) is 0 Å². The number of fused-ring (bicyclic) bond motifs is 3. The zero-order valence-electron chi connectivity index (χ0n) is 26.0. The Morgan fingerprint density at radius 1 is 1.19 bits per heavy atom. The number of rotatable bonds is 4. The molecule has 1 saturated heterocycles. The van der Waals surface area contributed by atoms with E-state index in [4.69, 9.17) is 9.47 Å². The van der Waals surface area contributed by atoms with Crippen LogP contribution in [0, 0.1) is 41.4 Å². The molecule has 2 fully saturated rings. The van der Waals surface area contributed by atoms with Gasteiger partial charge in [0.1, 0.15) is 35.8 Å². The fourth-order valence-electron chi connectivity index (χ4n) is 7.35. The highest BCUT2D eigenvalue weighted by molar-refractivity contribution is 5.83. The van der Waals surface area contributed by atoms with Crippen molar-refractivity contribution in [3.8, 4) is 11.8 Å². The summed E-state index contributed by atoms with van der Waals surface area (Å²) in [5.41, 5.74) is 1.37.